The summed E-state index contributed by atoms with van der Waals surface area (Å²) in [5.74, 6) is 0.0187. The van der Waals surface area contributed by atoms with Crippen LogP contribution in [0.1, 0.15) is 12.8 Å². The average molecular weight is 214 g/mol. The lowest BCUT2D eigenvalue weighted by Gasteiger charge is -2.23. The van der Waals surface area contributed by atoms with Gasteiger partial charge in [-0.05, 0) is 12.8 Å². The fraction of sp³-hybridized carbons (Fsp3) is 0.900. The number of hydrogen-bond donors (Lipinski definition) is 2. The smallest absolute Gasteiger partial charge is 0.239 e. The van der Waals surface area contributed by atoms with Gasteiger partial charge in [-0.25, -0.2) is 0 Å². The second-order valence-corrected chi connectivity index (χ2v) is 3.96. The Morgan fingerprint density at radius 2 is 2.40 bits per heavy atom. The monoisotopic (exact) mass is 214 g/mol. The van der Waals surface area contributed by atoms with Gasteiger partial charge in [0.2, 0.25) is 5.91 Å². The number of morpholine rings is 1. The second-order valence-electron chi connectivity index (χ2n) is 3.96. The molecule has 0 aromatic heterocycles. The van der Waals surface area contributed by atoms with E-state index in [1.54, 1.807) is 0 Å². The van der Waals surface area contributed by atoms with Crippen LogP contribution >= 0.6 is 0 Å². The molecule has 2 atom stereocenters. The van der Waals surface area contributed by atoms with Gasteiger partial charge in [0.25, 0.3) is 0 Å². The molecule has 5 nitrogen and oxygen atoms in total. The number of ether oxygens (including phenoxy) is 2. The van der Waals surface area contributed by atoms with Gasteiger partial charge in [-0.2, -0.15) is 0 Å². The van der Waals surface area contributed by atoms with Crippen molar-refractivity contribution in [3.8, 4) is 0 Å². The van der Waals surface area contributed by atoms with Crippen LogP contribution in [0.3, 0.4) is 0 Å². The molecule has 2 rings (SSSR count). The molecule has 2 aliphatic rings. The minimum Gasteiger partial charge on any atom is -0.378 e. The maximum atomic E-state index is 11.6. The van der Waals surface area contributed by atoms with Gasteiger partial charge in [-0.3, -0.25) is 4.79 Å². The van der Waals surface area contributed by atoms with E-state index in [0.717, 1.165) is 26.0 Å². The predicted molar refractivity (Wildman–Crippen MR) is 54.6 cm³/mol. The summed E-state index contributed by atoms with van der Waals surface area (Å²) in [4.78, 5) is 11.6. The summed E-state index contributed by atoms with van der Waals surface area (Å²) in [6, 6.07) is -0.194. The number of amides is 1. The van der Waals surface area contributed by atoms with E-state index in [4.69, 9.17) is 9.47 Å². The third-order valence-corrected chi connectivity index (χ3v) is 2.77. The number of hydrogen-bond acceptors (Lipinski definition) is 4. The van der Waals surface area contributed by atoms with Crippen LogP contribution in [0.25, 0.3) is 0 Å². The number of carbonyl (C=O) groups is 1. The molecule has 2 saturated heterocycles. The van der Waals surface area contributed by atoms with Crippen molar-refractivity contribution in [1.29, 1.82) is 0 Å². The van der Waals surface area contributed by atoms with Crippen LogP contribution in [0.2, 0.25) is 0 Å². The van der Waals surface area contributed by atoms with Crippen molar-refractivity contribution < 1.29 is 14.3 Å². The zero-order valence-electron chi connectivity index (χ0n) is 8.83. The Morgan fingerprint density at radius 1 is 1.47 bits per heavy atom. The second kappa shape index (κ2) is 5.44. The molecule has 5 heteroatoms. The molecule has 2 aliphatic heterocycles. The average Bonchev–Trinajstić information content (AvgIpc) is 2.80. The standard InChI is InChI=1S/C10H18N2O3/c13-10(9-7-14-5-3-11-9)12-6-8-2-1-4-15-8/h8-9,11H,1-7H2,(H,12,13). The summed E-state index contributed by atoms with van der Waals surface area (Å²) in [6.45, 7) is 3.35. The van der Waals surface area contributed by atoms with Crippen LogP contribution in [0.5, 0.6) is 0 Å². The summed E-state index contributed by atoms with van der Waals surface area (Å²) < 4.78 is 10.6. The van der Waals surface area contributed by atoms with Gasteiger partial charge < -0.3 is 20.1 Å². The highest BCUT2D eigenvalue weighted by molar-refractivity contribution is 5.82. The Morgan fingerprint density at radius 3 is 3.07 bits per heavy atom. The Bertz CT molecular complexity index is 211. The van der Waals surface area contributed by atoms with Crippen molar-refractivity contribution >= 4 is 5.91 Å². The molecule has 15 heavy (non-hydrogen) atoms. The van der Waals surface area contributed by atoms with Crippen molar-refractivity contribution in [3.05, 3.63) is 0 Å². The van der Waals surface area contributed by atoms with Crippen molar-refractivity contribution in [2.24, 2.45) is 0 Å². The molecule has 2 fully saturated rings. The van der Waals surface area contributed by atoms with E-state index < -0.39 is 0 Å². The molecule has 2 heterocycles. The first-order valence-electron chi connectivity index (χ1n) is 5.57. The molecule has 0 bridgehead atoms. The number of carbonyl (C=O) groups excluding carboxylic acids is 1. The number of rotatable bonds is 3. The van der Waals surface area contributed by atoms with Crippen LogP contribution < -0.4 is 10.6 Å². The molecule has 0 saturated carbocycles. The Labute approximate surface area is 89.5 Å². The molecule has 0 aromatic rings. The van der Waals surface area contributed by atoms with Gasteiger partial charge in [0.05, 0.1) is 19.3 Å². The number of nitrogens with one attached hydrogen (secondary N) is 2. The largest absolute Gasteiger partial charge is 0.378 e. The fourth-order valence-electron chi connectivity index (χ4n) is 1.88. The van der Waals surface area contributed by atoms with Gasteiger partial charge in [0.15, 0.2) is 0 Å². The lowest BCUT2D eigenvalue weighted by atomic mass is 10.2. The van der Waals surface area contributed by atoms with Gasteiger partial charge in [0, 0.05) is 19.7 Å². The highest BCUT2D eigenvalue weighted by Crippen LogP contribution is 2.10. The van der Waals surface area contributed by atoms with Crippen molar-refractivity contribution in [2.45, 2.75) is 25.0 Å². The lowest BCUT2D eigenvalue weighted by Crippen LogP contribution is -2.52. The van der Waals surface area contributed by atoms with Crippen molar-refractivity contribution in [1.82, 2.24) is 10.6 Å². The molecule has 0 aliphatic carbocycles. The van der Waals surface area contributed by atoms with Crippen molar-refractivity contribution in [2.75, 3.05) is 32.9 Å². The Kier molecular flexibility index (Phi) is 3.94. The summed E-state index contributed by atoms with van der Waals surface area (Å²) >= 11 is 0. The Hall–Kier alpha value is -0.650. The van der Waals surface area contributed by atoms with Crippen LogP contribution in [0.4, 0.5) is 0 Å². The fourth-order valence-corrected chi connectivity index (χ4v) is 1.88. The highest BCUT2D eigenvalue weighted by atomic mass is 16.5. The van der Waals surface area contributed by atoms with E-state index >= 15 is 0 Å². The van der Waals surface area contributed by atoms with E-state index in [2.05, 4.69) is 10.6 Å². The third kappa shape index (κ3) is 3.15. The summed E-state index contributed by atoms with van der Waals surface area (Å²) in [5, 5.41) is 6.00. The first-order chi connectivity index (χ1) is 7.36. The molecule has 2 unspecified atom stereocenters. The first-order valence-corrected chi connectivity index (χ1v) is 5.57. The minimum absolute atomic E-state index is 0.0187. The van der Waals surface area contributed by atoms with Crippen LogP contribution in [0.15, 0.2) is 0 Å². The molecule has 0 radical (unpaired) electrons. The van der Waals surface area contributed by atoms with Crippen LogP contribution in [-0.4, -0.2) is 51.0 Å². The molecular formula is C10H18N2O3. The summed E-state index contributed by atoms with van der Waals surface area (Å²) in [5.41, 5.74) is 0. The minimum atomic E-state index is -0.194. The molecule has 86 valence electrons. The van der Waals surface area contributed by atoms with Crippen molar-refractivity contribution in [3.63, 3.8) is 0 Å². The zero-order chi connectivity index (χ0) is 10.5. The maximum absolute atomic E-state index is 11.6. The van der Waals surface area contributed by atoms with Gasteiger partial charge in [-0.1, -0.05) is 0 Å². The van der Waals surface area contributed by atoms with E-state index in [9.17, 15) is 4.79 Å². The van der Waals surface area contributed by atoms with E-state index in [0.29, 0.717) is 19.8 Å². The van der Waals surface area contributed by atoms with Crippen LogP contribution in [-0.2, 0) is 14.3 Å². The molecule has 2 N–H and O–H groups in total. The lowest BCUT2D eigenvalue weighted by molar-refractivity contribution is -0.126. The normalized spacial score (nSPS) is 31.5. The van der Waals surface area contributed by atoms with E-state index in [1.165, 1.54) is 0 Å². The zero-order valence-corrected chi connectivity index (χ0v) is 8.83. The summed E-state index contributed by atoms with van der Waals surface area (Å²) in [7, 11) is 0. The van der Waals surface area contributed by atoms with Gasteiger partial charge >= 0.3 is 0 Å². The third-order valence-electron chi connectivity index (χ3n) is 2.77. The molecule has 0 aromatic carbocycles. The SMILES string of the molecule is O=C(NCC1CCCO1)C1COCCN1. The summed E-state index contributed by atoms with van der Waals surface area (Å²) in [6.07, 6.45) is 2.36. The first kappa shape index (κ1) is 10.9. The predicted octanol–water partition coefficient (Wildman–Crippen LogP) is -0.730. The Balaban J connectivity index is 1.66. The molecule has 1 amide bonds. The quantitative estimate of drug-likeness (QED) is 0.650. The van der Waals surface area contributed by atoms with Gasteiger partial charge in [-0.15, -0.1) is 0 Å². The van der Waals surface area contributed by atoms with E-state index in [-0.39, 0.29) is 18.1 Å². The molecule has 0 spiro atoms. The molecular weight excluding hydrogens is 196 g/mol. The van der Waals surface area contributed by atoms with Gasteiger partial charge in [0.1, 0.15) is 6.04 Å². The highest BCUT2D eigenvalue weighted by Gasteiger charge is 2.22. The van der Waals surface area contributed by atoms with Crippen LogP contribution in [0, 0.1) is 0 Å². The maximum Gasteiger partial charge on any atom is 0.239 e. The topological polar surface area (TPSA) is 59.6 Å². The van der Waals surface area contributed by atoms with E-state index in [1.807, 2.05) is 0 Å².